The first-order valence-corrected chi connectivity index (χ1v) is 9.44. The molecule has 8 heteroatoms. The topological polar surface area (TPSA) is 58.1 Å². The normalized spacial score (nSPS) is 13.4. The van der Waals surface area contributed by atoms with Crippen LogP contribution in [0.3, 0.4) is 0 Å². The monoisotopic (exact) mass is 514 g/mol. The van der Waals surface area contributed by atoms with Crippen molar-refractivity contribution < 1.29 is 13.9 Å². The molecule has 158 valence electrons. The van der Waals surface area contributed by atoms with Crippen LogP contribution in [0, 0.1) is 5.82 Å². The van der Waals surface area contributed by atoms with Gasteiger partial charge in [0.25, 0.3) is 0 Å². The third-order valence-corrected chi connectivity index (χ3v) is 4.39. The molecule has 0 saturated carbocycles. The number of hydrogen-bond acceptors (Lipinski definition) is 4. The fraction of sp³-hybridized carbons (Fsp3) is 0.381. The summed E-state index contributed by atoms with van der Waals surface area (Å²) in [5, 5.41) is 6.57. The van der Waals surface area contributed by atoms with Gasteiger partial charge in [-0.2, -0.15) is 0 Å². The number of ether oxygens (including phenoxy) is 2. The summed E-state index contributed by atoms with van der Waals surface area (Å²) in [6, 6.07) is 12.4. The molecule has 2 aromatic rings. The molecule has 0 unspecified atom stereocenters. The minimum Gasteiger partial charge on any atom is -0.490 e. The van der Waals surface area contributed by atoms with Crippen molar-refractivity contribution >= 4 is 35.6 Å². The molecule has 0 aliphatic carbocycles. The van der Waals surface area contributed by atoms with Crippen molar-refractivity contribution in [1.29, 1.82) is 0 Å². The third-order valence-electron chi connectivity index (χ3n) is 4.39. The Hall–Kier alpha value is -2.07. The Labute approximate surface area is 188 Å². The zero-order valence-corrected chi connectivity index (χ0v) is 19.1. The molecule has 0 saturated heterocycles. The van der Waals surface area contributed by atoms with Crippen molar-refractivity contribution in [3.8, 4) is 11.5 Å². The largest absolute Gasteiger partial charge is 0.490 e. The van der Waals surface area contributed by atoms with E-state index in [1.165, 1.54) is 12.1 Å². The number of halogens is 2. The number of guanidine groups is 1. The Morgan fingerprint density at radius 2 is 1.83 bits per heavy atom. The summed E-state index contributed by atoms with van der Waals surface area (Å²) in [6.07, 6.45) is 0.881. The molecule has 0 aromatic heterocycles. The summed E-state index contributed by atoms with van der Waals surface area (Å²) in [7, 11) is 3.77. The van der Waals surface area contributed by atoms with E-state index in [0.29, 0.717) is 19.2 Å². The van der Waals surface area contributed by atoms with Gasteiger partial charge in [0.05, 0.1) is 13.2 Å². The summed E-state index contributed by atoms with van der Waals surface area (Å²) in [6.45, 7) is 3.63. The van der Waals surface area contributed by atoms with Gasteiger partial charge < -0.3 is 25.0 Å². The number of nitrogens with one attached hydrogen (secondary N) is 2. The minimum atomic E-state index is -0.210. The molecule has 0 amide bonds. The fourth-order valence-electron chi connectivity index (χ4n) is 2.90. The number of nitrogens with zero attached hydrogens (tertiary/aromatic N) is 2. The van der Waals surface area contributed by atoms with Crippen molar-refractivity contribution in [1.82, 2.24) is 10.2 Å². The van der Waals surface area contributed by atoms with E-state index < -0.39 is 0 Å². The molecule has 2 aromatic carbocycles. The Bertz CT molecular complexity index is 802. The van der Waals surface area contributed by atoms with Crippen LogP contribution in [0.25, 0.3) is 0 Å². The zero-order valence-electron chi connectivity index (χ0n) is 16.8. The molecule has 0 fully saturated rings. The average Bonchev–Trinajstić information content (AvgIpc) is 2.94. The van der Waals surface area contributed by atoms with Crippen LogP contribution < -0.4 is 20.1 Å². The lowest BCUT2D eigenvalue weighted by Crippen LogP contribution is -2.36. The molecule has 0 radical (unpaired) electrons. The van der Waals surface area contributed by atoms with Gasteiger partial charge in [-0.1, -0.05) is 12.1 Å². The number of likely N-dealkylation sites (N-methyl/N-ethyl adjacent to an activating group) is 1. The van der Waals surface area contributed by atoms with Gasteiger partial charge in [-0.05, 0) is 36.9 Å². The number of anilines is 1. The van der Waals surface area contributed by atoms with E-state index in [1.54, 1.807) is 7.05 Å². The SMILES string of the molecule is CN=C(NCCN(C)Cc1ccc(F)cc1)Nc1ccc2c(c1)OCCCO2.I. The number of rotatable bonds is 6. The number of aliphatic imine (C=N–C) groups is 1. The van der Waals surface area contributed by atoms with Gasteiger partial charge >= 0.3 is 0 Å². The highest BCUT2D eigenvalue weighted by atomic mass is 127. The van der Waals surface area contributed by atoms with E-state index in [-0.39, 0.29) is 29.8 Å². The first-order chi connectivity index (χ1) is 13.6. The molecule has 1 heterocycles. The molecular formula is C21H28FIN4O2. The Balaban J connectivity index is 0.00000300. The van der Waals surface area contributed by atoms with Gasteiger partial charge in [-0.3, -0.25) is 4.99 Å². The zero-order chi connectivity index (χ0) is 19.8. The van der Waals surface area contributed by atoms with Crippen molar-refractivity contribution in [3.63, 3.8) is 0 Å². The third kappa shape index (κ3) is 7.36. The van der Waals surface area contributed by atoms with Crippen LogP contribution in [-0.4, -0.2) is 51.3 Å². The fourth-order valence-corrected chi connectivity index (χ4v) is 2.90. The van der Waals surface area contributed by atoms with Crippen LogP contribution in [0.5, 0.6) is 11.5 Å². The second-order valence-corrected chi connectivity index (χ2v) is 6.70. The first-order valence-electron chi connectivity index (χ1n) is 9.44. The maximum Gasteiger partial charge on any atom is 0.195 e. The molecule has 0 bridgehead atoms. The van der Waals surface area contributed by atoms with Crippen molar-refractivity contribution in [2.45, 2.75) is 13.0 Å². The Morgan fingerprint density at radius 1 is 1.10 bits per heavy atom. The molecule has 2 N–H and O–H groups in total. The lowest BCUT2D eigenvalue weighted by atomic mass is 10.2. The summed E-state index contributed by atoms with van der Waals surface area (Å²) in [4.78, 5) is 6.43. The van der Waals surface area contributed by atoms with Crippen LogP contribution in [-0.2, 0) is 6.54 Å². The average molecular weight is 514 g/mol. The summed E-state index contributed by atoms with van der Waals surface area (Å²) in [5.74, 6) is 1.99. The lowest BCUT2D eigenvalue weighted by Gasteiger charge is -2.18. The van der Waals surface area contributed by atoms with E-state index >= 15 is 0 Å². The second-order valence-electron chi connectivity index (χ2n) is 6.70. The van der Waals surface area contributed by atoms with Crippen molar-refractivity contribution in [2.24, 2.45) is 4.99 Å². The highest BCUT2D eigenvalue weighted by Crippen LogP contribution is 2.32. The molecule has 1 aliphatic rings. The van der Waals surface area contributed by atoms with Gasteiger partial charge in [-0.25, -0.2) is 4.39 Å². The standard InChI is InChI=1S/C21H27FN4O2.HI/c1-23-21(24-10-11-26(2)15-16-4-6-17(22)7-5-16)25-18-8-9-19-20(14-18)28-13-3-12-27-19;/h4-9,14H,3,10-13,15H2,1-2H3,(H2,23,24,25);1H. The van der Waals surface area contributed by atoms with E-state index in [2.05, 4.69) is 20.5 Å². The minimum absolute atomic E-state index is 0. The van der Waals surface area contributed by atoms with E-state index in [1.807, 2.05) is 37.4 Å². The first kappa shape index (κ1) is 23.2. The van der Waals surface area contributed by atoms with Crippen LogP contribution in [0.1, 0.15) is 12.0 Å². The molecule has 29 heavy (non-hydrogen) atoms. The van der Waals surface area contributed by atoms with E-state index in [4.69, 9.17) is 9.47 Å². The van der Waals surface area contributed by atoms with E-state index in [9.17, 15) is 4.39 Å². The maximum absolute atomic E-state index is 13.0. The summed E-state index contributed by atoms with van der Waals surface area (Å²) in [5.41, 5.74) is 1.97. The van der Waals surface area contributed by atoms with Crippen LogP contribution >= 0.6 is 24.0 Å². The van der Waals surface area contributed by atoms with Gasteiger partial charge in [0, 0.05) is 44.9 Å². The highest BCUT2D eigenvalue weighted by Gasteiger charge is 2.11. The summed E-state index contributed by atoms with van der Waals surface area (Å²) < 4.78 is 24.4. The van der Waals surface area contributed by atoms with Gasteiger partial charge in [0.15, 0.2) is 17.5 Å². The Kier molecular flexibility index (Phi) is 9.46. The molecule has 0 atom stereocenters. The smallest absolute Gasteiger partial charge is 0.195 e. The van der Waals surface area contributed by atoms with Crippen LogP contribution in [0.4, 0.5) is 10.1 Å². The Morgan fingerprint density at radius 3 is 2.55 bits per heavy atom. The second kappa shape index (κ2) is 11.8. The summed E-state index contributed by atoms with van der Waals surface area (Å²) >= 11 is 0. The van der Waals surface area contributed by atoms with E-state index in [0.717, 1.165) is 48.8 Å². The van der Waals surface area contributed by atoms with Crippen LogP contribution in [0.2, 0.25) is 0 Å². The van der Waals surface area contributed by atoms with Crippen LogP contribution in [0.15, 0.2) is 47.5 Å². The molecule has 6 nitrogen and oxygen atoms in total. The predicted octanol–water partition coefficient (Wildman–Crippen LogP) is 3.72. The highest BCUT2D eigenvalue weighted by molar-refractivity contribution is 14.0. The number of fused-ring (bicyclic) bond motifs is 1. The predicted molar refractivity (Wildman–Crippen MR) is 125 cm³/mol. The van der Waals surface area contributed by atoms with Gasteiger partial charge in [0.2, 0.25) is 0 Å². The van der Waals surface area contributed by atoms with Crippen molar-refractivity contribution in [2.75, 3.05) is 45.7 Å². The van der Waals surface area contributed by atoms with Crippen molar-refractivity contribution in [3.05, 3.63) is 53.8 Å². The number of hydrogen-bond donors (Lipinski definition) is 2. The number of benzene rings is 2. The lowest BCUT2D eigenvalue weighted by molar-refractivity contribution is 0.297. The molecule has 0 spiro atoms. The molecule has 3 rings (SSSR count). The quantitative estimate of drug-likeness (QED) is 0.350. The molecular weight excluding hydrogens is 486 g/mol. The maximum atomic E-state index is 13.0. The van der Waals surface area contributed by atoms with Gasteiger partial charge in [-0.15, -0.1) is 24.0 Å². The van der Waals surface area contributed by atoms with Gasteiger partial charge in [0.1, 0.15) is 5.82 Å². The molecule has 1 aliphatic heterocycles.